The van der Waals surface area contributed by atoms with Crippen molar-refractivity contribution in [2.24, 2.45) is 4.99 Å². The van der Waals surface area contributed by atoms with E-state index in [0.717, 1.165) is 6.07 Å². The molecule has 0 saturated heterocycles. The van der Waals surface area contributed by atoms with Crippen LogP contribution in [0.4, 0.5) is 28.9 Å². The van der Waals surface area contributed by atoms with Gasteiger partial charge in [0.05, 0.1) is 17.0 Å². The quantitative estimate of drug-likeness (QED) is 0.296. The number of halogens is 5. The van der Waals surface area contributed by atoms with Crippen molar-refractivity contribution in [3.05, 3.63) is 93.7 Å². The molecule has 172 valence electrons. The third-order valence-electron chi connectivity index (χ3n) is 5.91. The van der Waals surface area contributed by atoms with Crippen LogP contribution in [0.1, 0.15) is 23.1 Å². The fraction of sp³-hybridized carbons (Fsp3) is 0.125. The molecule has 1 spiro atoms. The molecule has 4 nitrogen and oxygen atoms in total. The van der Waals surface area contributed by atoms with E-state index in [-0.39, 0.29) is 17.2 Å². The van der Waals surface area contributed by atoms with Crippen molar-refractivity contribution in [2.75, 3.05) is 10.2 Å². The van der Waals surface area contributed by atoms with Crippen molar-refractivity contribution in [2.45, 2.75) is 18.1 Å². The first kappa shape index (κ1) is 22.7. The summed E-state index contributed by atoms with van der Waals surface area (Å²) >= 11 is 8.92. The van der Waals surface area contributed by atoms with Crippen molar-refractivity contribution in [3.63, 3.8) is 0 Å². The monoisotopic (exact) mass is 547 g/mol. The van der Waals surface area contributed by atoms with Gasteiger partial charge in [-0.2, -0.15) is 13.2 Å². The molecule has 1 amide bonds. The number of alkyl halides is 3. The molecule has 0 aliphatic carbocycles. The normalized spacial score (nSPS) is 19.8. The van der Waals surface area contributed by atoms with E-state index in [0.29, 0.717) is 27.0 Å². The number of nitrogens with one attached hydrogen (secondary N) is 1. The number of aliphatic imine (C=N–C) groups is 1. The van der Waals surface area contributed by atoms with Crippen molar-refractivity contribution in [1.82, 2.24) is 0 Å². The van der Waals surface area contributed by atoms with Gasteiger partial charge < -0.3 is 5.32 Å². The van der Waals surface area contributed by atoms with E-state index in [1.807, 2.05) is 0 Å². The van der Waals surface area contributed by atoms with Gasteiger partial charge in [0, 0.05) is 22.1 Å². The van der Waals surface area contributed by atoms with Gasteiger partial charge in [-0.25, -0.2) is 9.38 Å². The molecule has 0 aromatic heterocycles. The lowest BCUT2D eigenvalue weighted by atomic mass is 9.81. The zero-order valence-electron chi connectivity index (χ0n) is 17.2. The first-order valence-corrected chi connectivity index (χ1v) is 11.3. The lowest BCUT2D eigenvalue weighted by Crippen LogP contribution is -2.57. The third-order valence-corrected chi connectivity index (χ3v) is 6.67. The zero-order valence-corrected chi connectivity index (χ0v) is 19.6. The maximum absolute atomic E-state index is 14.0. The minimum absolute atomic E-state index is 0.0831. The standard InChI is InChI=1S/C24H14BrF4N3OS/c25-14-7-10-18-17(11-14)23(21(33)30-18)12-19(13-5-8-15(26)9-6-13)31-22(34)32(23)20-4-2-1-3-16(20)24(27,28)29/h1-11H,12H2,(H,30,33). The van der Waals surface area contributed by atoms with Crippen LogP contribution in [0.5, 0.6) is 0 Å². The topological polar surface area (TPSA) is 44.7 Å². The maximum atomic E-state index is 14.0. The van der Waals surface area contributed by atoms with Gasteiger partial charge >= 0.3 is 6.18 Å². The highest BCUT2D eigenvalue weighted by Crippen LogP contribution is 2.50. The number of benzene rings is 3. The van der Waals surface area contributed by atoms with Crippen LogP contribution in [0.15, 0.2) is 76.2 Å². The molecule has 0 saturated carbocycles. The second-order valence-corrected chi connectivity index (χ2v) is 9.16. The van der Waals surface area contributed by atoms with Crippen LogP contribution in [0.3, 0.4) is 0 Å². The van der Waals surface area contributed by atoms with Crippen LogP contribution in [0, 0.1) is 5.82 Å². The average Bonchev–Trinajstić information content (AvgIpc) is 3.04. The van der Waals surface area contributed by atoms with Crippen LogP contribution < -0.4 is 10.2 Å². The molecule has 3 aromatic rings. The Hall–Kier alpha value is -3.11. The number of nitrogens with zero attached hydrogens (tertiary/aromatic N) is 2. The highest BCUT2D eigenvalue weighted by molar-refractivity contribution is 9.10. The highest BCUT2D eigenvalue weighted by Gasteiger charge is 2.56. The second kappa shape index (κ2) is 7.99. The van der Waals surface area contributed by atoms with E-state index in [9.17, 15) is 22.4 Å². The van der Waals surface area contributed by atoms with Gasteiger partial charge in [0.2, 0.25) is 5.11 Å². The van der Waals surface area contributed by atoms with E-state index in [1.54, 1.807) is 18.2 Å². The third kappa shape index (κ3) is 3.52. The Morgan fingerprint density at radius 2 is 1.76 bits per heavy atom. The minimum atomic E-state index is -4.69. The largest absolute Gasteiger partial charge is 0.418 e. The predicted octanol–water partition coefficient (Wildman–Crippen LogP) is 6.44. The van der Waals surface area contributed by atoms with E-state index in [1.165, 1.54) is 47.4 Å². The Morgan fingerprint density at radius 3 is 2.47 bits per heavy atom. The van der Waals surface area contributed by atoms with E-state index in [2.05, 4.69) is 26.2 Å². The molecule has 10 heteroatoms. The van der Waals surface area contributed by atoms with Crippen LogP contribution in [-0.4, -0.2) is 16.7 Å². The van der Waals surface area contributed by atoms with Gasteiger partial charge in [-0.15, -0.1) is 0 Å². The first-order valence-electron chi connectivity index (χ1n) is 10.1. The number of rotatable bonds is 2. The summed E-state index contributed by atoms with van der Waals surface area (Å²) in [7, 11) is 0. The summed E-state index contributed by atoms with van der Waals surface area (Å²) in [5, 5.41) is 2.58. The number of anilines is 2. The van der Waals surface area contributed by atoms with Gasteiger partial charge in [-0.3, -0.25) is 9.69 Å². The Morgan fingerprint density at radius 1 is 1.06 bits per heavy atom. The van der Waals surface area contributed by atoms with Crippen LogP contribution in [0.25, 0.3) is 0 Å². The molecule has 2 aliphatic rings. The van der Waals surface area contributed by atoms with E-state index in [4.69, 9.17) is 12.2 Å². The summed E-state index contributed by atoms with van der Waals surface area (Å²) in [6.07, 6.45) is -4.77. The summed E-state index contributed by atoms with van der Waals surface area (Å²) in [5.41, 5.74) is -1.04. The van der Waals surface area contributed by atoms with Gasteiger partial charge in [0.25, 0.3) is 5.91 Å². The summed E-state index contributed by atoms with van der Waals surface area (Å²) in [6, 6.07) is 15.5. The number of carbonyl (C=O) groups excluding carboxylic acids is 1. The molecular formula is C24H14BrF4N3OS. The SMILES string of the molecule is O=C1Nc2ccc(Br)cc2C12CC(c1ccc(F)cc1)=NC(=S)N2c1ccccc1C(F)(F)F. The van der Waals surface area contributed by atoms with Crippen LogP contribution in [-0.2, 0) is 16.5 Å². The number of amides is 1. The van der Waals surface area contributed by atoms with E-state index >= 15 is 0 Å². The van der Waals surface area contributed by atoms with E-state index < -0.39 is 29.0 Å². The average molecular weight is 548 g/mol. The second-order valence-electron chi connectivity index (χ2n) is 7.88. The minimum Gasteiger partial charge on any atom is -0.323 e. The summed E-state index contributed by atoms with van der Waals surface area (Å²) in [5.74, 6) is -0.986. The van der Waals surface area contributed by atoms with Crippen molar-refractivity contribution in [3.8, 4) is 0 Å². The summed E-state index contributed by atoms with van der Waals surface area (Å²) in [6.45, 7) is 0. The van der Waals surface area contributed by atoms with Gasteiger partial charge in [0.1, 0.15) is 5.82 Å². The molecule has 0 bridgehead atoms. The fourth-order valence-corrected chi connectivity index (χ4v) is 5.15. The Labute approximate surface area is 205 Å². The molecule has 34 heavy (non-hydrogen) atoms. The summed E-state index contributed by atoms with van der Waals surface area (Å²) < 4.78 is 56.1. The lowest BCUT2D eigenvalue weighted by Gasteiger charge is -2.44. The molecular weight excluding hydrogens is 534 g/mol. The maximum Gasteiger partial charge on any atom is 0.418 e. The van der Waals surface area contributed by atoms with Crippen molar-refractivity contribution >= 4 is 56.3 Å². The Kier molecular flexibility index (Phi) is 5.33. The van der Waals surface area contributed by atoms with Gasteiger partial charge in [-0.05, 0) is 60.2 Å². The predicted molar refractivity (Wildman–Crippen MR) is 129 cm³/mol. The molecule has 2 heterocycles. The number of hydrogen-bond donors (Lipinski definition) is 1. The molecule has 2 aliphatic heterocycles. The number of thiocarbonyl (C=S) groups is 1. The molecule has 1 N–H and O–H groups in total. The molecule has 0 fully saturated rings. The Bertz CT molecular complexity index is 1370. The van der Waals surface area contributed by atoms with Crippen LogP contribution >= 0.6 is 28.1 Å². The smallest absolute Gasteiger partial charge is 0.323 e. The molecule has 0 radical (unpaired) electrons. The summed E-state index contributed by atoms with van der Waals surface area (Å²) in [4.78, 5) is 19.2. The Balaban J connectivity index is 1.79. The highest BCUT2D eigenvalue weighted by atomic mass is 79.9. The molecule has 1 atom stereocenters. The fourth-order valence-electron chi connectivity index (χ4n) is 4.43. The number of para-hydroxylation sites is 1. The van der Waals surface area contributed by atoms with Crippen molar-refractivity contribution in [1.29, 1.82) is 0 Å². The number of hydrogen-bond acceptors (Lipinski definition) is 2. The van der Waals surface area contributed by atoms with Crippen molar-refractivity contribution < 1.29 is 22.4 Å². The van der Waals surface area contributed by atoms with Crippen LogP contribution in [0.2, 0.25) is 0 Å². The first-order chi connectivity index (χ1) is 16.1. The van der Waals surface area contributed by atoms with Gasteiger partial charge in [0.15, 0.2) is 5.54 Å². The lowest BCUT2D eigenvalue weighted by molar-refractivity contribution is -0.137. The molecule has 3 aromatic carbocycles. The molecule has 1 unspecified atom stereocenters. The number of carbonyl (C=O) groups is 1. The van der Waals surface area contributed by atoms with Gasteiger partial charge in [-0.1, -0.05) is 40.2 Å². The zero-order chi connectivity index (χ0) is 24.3. The molecule has 5 rings (SSSR count). The number of fused-ring (bicyclic) bond motifs is 2.